The Morgan fingerprint density at radius 1 is 0.307 bits per heavy atom. The highest BCUT2D eigenvalue weighted by Crippen LogP contribution is 2.48. The van der Waals surface area contributed by atoms with Crippen LogP contribution < -0.4 is 103 Å². The van der Waals surface area contributed by atoms with Gasteiger partial charge in [-0.3, -0.25) is 24.0 Å². The molecule has 0 bridgehead atoms. The number of halogens is 3. The van der Waals surface area contributed by atoms with Crippen LogP contribution in [0.2, 0.25) is 10.0 Å². The molecule has 20 rings (SSSR count). The summed E-state index contributed by atoms with van der Waals surface area (Å²) in [5.41, 5.74) is 22.2. The summed E-state index contributed by atoms with van der Waals surface area (Å²) in [5.74, 6) is 3.47. The molecule has 5 unspecified atom stereocenters. The topological polar surface area (TPSA) is 312 Å². The van der Waals surface area contributed by atoms with Gasteiger partial charge in [-0.05, 0) is 140 Å². The molecule has 10 aromatic rings. The van der Waals surface area contributed by atoms with E-state index in [9.17, 15) is 24.0 Å². The Morgan fingerprint density at radius 3 is 0.937 bits per heavy atom. The quantitative estimate of drug-likeness (QED) is 0.0335. The van der Waals surface area contributed by atoms with Gasteiger partial charge < -0.3 is 103 Å². The van der Waals surface area contributed by atoms with E-state index in [1.807, 2.05) is 212 Å². The first-order valence-corrected chi connectivity index (χ1v) is 44.3. The lowest BCUT2D eigenvalue weighted by Crippen LogP contribution is -2.24. The summed E-state index contributed by atoms with van der Waals surface area (Å²) in [6, 6.07) is 71.2. The third-order valence-corrected chi connectivity index (χ3v) is 24.3. The molecule has 0 saturated heterocycles. The van der Waals surface area contributed by atoms with Crippen LogP contribution in [0.15, 0.2) is 285 Å². The number of rotatable bonds is 19. The van der Waals surface area contributed by atoms with Gasteiger partial charge in [0.15, 0.2) is 0 Å². The molecule has 0 aromatic heterocycles. The van der Waals surface area contributed by atoms with Gasteiger partial charge in [-0.15, -0.1) is 0 Å². The third-order valence-electron chi connectivity index (χ3n) is 23.0. The Bertz CT molecular complexity index is 6040. The SMILES string of the molecule is CCCCOc1ccc(C2Nc3ccccc3NC3=C2C(=O)NC3)c(OC)c1.CCCCOc1ccc(C2Nc3ccccc3NC3=C2C(=O)NC3)c(OCCCC)c1.COc1ccccc1C1Nc2ccccc2NC2=C1C(=O)NC2.O=C1NCC2=C1C(c1ccc(Cl)cc1Cl)Nc1ccccc1N2.O=C1NCC2=C1C(c1ccccc1Br)Nc1ccccc1N2. The Morgan fingerprint density at radius 2 is 0.591 bits per heavy atom. The molecule has 10 aromatic carbocycles. The molecular weight excluding hydrogens is 1710 g/mol. The van der Waals surface area contributed by atoms with Gasteiger partial charge in [0, 0.05) is 71.8 Å². The monoisotopic (exact) mass is 1810 g/mol. The molecule has 0 saturated carbocycles. The van der Waals surface area contributed by atoms with Gasteiger partial charge in [-0.25, -0.2) is 0 Å². The predicted octanol–water partition coefficient (Wildman–Crippen LogP) is 18.9. The van der Waals surface area contributed by atoms with Crippen molar-refractivity contribution in [1.82, 2.24) is 26.6 Å². The highest BCUT2D eigenvalue weighted by molar-refractivity contribution is 9.10. The van der Waals surface area contributed by atoms with Crippen molar-refractivity contribution >= 4 is 126 Å². The molecule has 10 aliphatic heterocycles. The Kier molecular flexibility index (Phi) is 27.4. The lowest BCUT2D eigenvalue weighted by Gasteiger charge is -2.23. The number of ether oxygens (including phenoxy) is 5. The first-order valence-electron chi connectivity index (χ1n) is 42.8. The third kappa shape index (κ3) is 19.3. The summed E-state index contributed by atoms with van der Waals surface area (Å²) >= 11 is 16.0. The second-order valence-electron chi connectivity index (χ2n) is 31.3. The maximum absolute atomic E-state index is 12.8. The first-order chi connectivity index (χ1) is 62.1. The van der Waals surface area contributed by atoms with E-state index in [0.717, 1.165) is 185 Å². The van der Waals surface area contributed by atoms with E-state index in [-0.39, 0.29) is 59.7 Å². The fraction of sp³-hybridized carbons (Fsp3) is 0.242. The number of methoxy groups -OCH3 is 2. The molecule has 652 valence electrons. The number of hydrogen-bond acceptors (Lipinski definition) is 20. The number of carbonyl (C=O) groups excluding carboxylic acids is 5. The fourth-order valence-electron chi connectivity index (χ4n) is 16.6. The number of hydrogen-bond donors (Lipinski definition) is 15. The van der Waals surface area contributed by atoms with Crippen LogP contribution in [0.25, 0.3) is 0 Å². The van der Waals surface area contributed by atoms with Crippen LogP contribution in [0.4, 0.5) is 56.9 Å². The first kappa shape index (κ1) is 86.8. The number of nitrogens with one attached hydrogen (secondary N) is 15. The van der Waals surface area contributed by atoms with Gasteiger partial charge in [-0.2, -0.15) is 0 Å². The van der Waals surface area contributed by atoms with Gasteiger partial charge >= 0.3 is 0 Å². The van der Waals surface area contributed by atoms with Crippen molar-refractivity contribution in [2.75, 3.05) is 120 Å². The minimum absolute atomic E-state index is 0.0245. The highest BCUT2D eigenvalue weighted by atomic mass is 79.9. The maximum atomic E-state index is 12.8. The van der Waals surface area contributed by atoms with Gasteiger partial charge in [0.25, 0.3) is 29.5 Å². The van der Waals surface area contributed by atoms with E-state index >= 15 is 0 Å². The van der Waals surface area contributed by atoms with Crippen LogP contribution in [0, 0.1) is 0 Å². The molecule has 0 aliphatic carbocycles. The number of amides is 5. The predicted molar refractivity (Wildman–Crippen MR) is 507 cm³/mol. The van der Waals surface area contributed by atoms with Crippen molar-refractivity contribution in [3.8, 4) is 28.7 Å². The summed E-state index contributed by atoms with van der Waals surface area (Å²) in [5, 5.41) is 50.1. The van der Waals surface area contributed by atoms with E-state index in [1.54, 1.807) is 26.4 Å². The van der Waals surface area contributed by atoms with Crippen LogP contribution in [-0.2, 0) is 24.0 Å². The molecular formula is C99H100BrCl2N15O10. The Labute approximate surface area is 756 Å². The minimum Gasteiger partial charge on any atom is -0.496 e. The Hall–Kier alpha value is -13.7. The second kappa shape index (κ2) is 40.1. The molecule has 28 heteroatoms. The molecule has 10 heterocycles. The van der Waals surface area contributed by atoms with Gasteiger partial charge in [-0.1, -0.05) is 182 Å². The molecule has 5 amide bonds. The number of anilines is 10. The summed E-state index contributed by atoms with van der Waals surface area (Å²) in [7, 11) is 3.29. The van der Waals surface area contributed by atoms with Crippen LogP contribution in [0.1, 0.15) is 117 Å². The van der Waals surface area contributed by atoms with Crippen LogP contribution >= 0.6 is 39.1 Å². The molecule has 0 fully saturated rings. The smallest absolute Gasteiger partial charge is 0.251 e. The van der Waals surface area contributed by atoms with Crippen molar-refractivity contribution in [3.05, 3.63) is 323 Å². The molecule has 15 N–H and O–H groups in total. The number of para-hydroxylation sites is 11. The second-order valence-corrected chi connectivity index (χ2v) is 33.0. The van der Waals surface area contributed by atoms with E-state index in [1.165, 1.54) is 0 Å². The van der Waals surface area contributed by atoms with Crippen molar-refractivity contribution in [2.45, 2.75) is 89.5 Å². The normalized spacial score (nSPS) is 18.4. The lowest BCUT2D eigenvalue weighted by molar-refractivity contribution is -0.117. The zero-order chi connectivity index (χ0) is 88.0. The average Bonchev–Trinajstić information content (AvgIpc) is 1.67. The van der Waals surface area contributed by atoms with Gasteiger partial charge in [0.05, 0.1) is 182 Å². The lowest BCUT2D eigenvalue weighted by atomic mass is 9.96. The summed E-state index contributed by atoms with van der Waals surface area (Å²) < 4.78 is 30.1. The zero-order valence-electron chi connectivity index (χ0n) is 70.9. The summed E-state index contributed by atoms with van der Waals surface area (Å²) in [6.45, 7) is 10.9. The highest BCUT2D eigenvalue weighted by Gasteiger charge is 2.41. The largest absolute Gasteiger partial charge is 0.496 e. The fourth-order valence-corrected chi connectivity index (χ4v) is 17.6. The van der Waals surface area contributed by atoms with Crippen molar-refractivity contribution in [3.63, 3.8) is 0 Å². The standard InChI is InChI=1S/C25H31N3O3.C22H25N3O3.C18H17N3O2.C17H14BrN3O.C17H13Cl2N3O/c1-3-5-13-30-17-11-12-18(22(15-17)31-14-6-4-2)24-23-21(16-26-25(23)29)27-19-9-7-8-10-20(19)28-24;1-3-4-11-28-14-9-10-15(19(12-14)27-2)21-20-18(13-23-22(20)26)24-16-7-5-6-8-17(16)25-21;1-23-15-9-5-2-6-11(15)17-16-14(10-19-18(16)22)20-12-7-3-4-8-13(12)21-17;18-11-6-2-1-5-10(11)16-15-14(9-19-17(15)22)20-12-7-3-4-8-13(12)21-16;18-9-5-6-10(11(19)7-9)16-15-14(8-20-17(15)23)21-12-3-1-2-4-13(12)22-16/h7-12,15,24,27-28H,3-6,13-14,16H2,1-2H3,(H,26,29);5-10,12,21,24-25H,3-4,11,13H2,1-2H3,(H,23,26);2-9,17,20-21H,10H2,1H3,(H,19,22);1-8,16,20-21H,9H2,(H,19,22);1-7,16,21-22H,8H2,(H,20,23). The van der Waals surface area contributed by atoms with Crippen LogP contribution in [0.3, 0.4) is 0 Å². The summed E-state index contributed by atoms with van der Waals surface area (Å²) in [6.07, 6.45) is 6.21. The van der Waals surface area contributed by atoms with E-state index < -0.39 is 0 Å². The molecule has 5 atom stereocenters. The van der Waals surface area contributed by atoms with Crippen LogP contribution in [0.5, 0.6) is 28.7 Å². The number of unbranched alkanes of at least 4 members (excludes halogenated alkanes) is 3. The molecule has 25 nitrogen and oxygen atoms in total. The van der Waals surface area contributed by atoms with E-state index in [4.69, 9.17) is 46.9 Å². The van der Waals surface area contributed by atoms with Crippen molar-refractivity contribution in [1.29, 1.82) is 0 Å². The Balaban J connectivity index is 0.000000117. The van der Waals surface area contributed by atoms with Gasteiger partial charge in [0.2, 0.25) is 0 Å². The number of carbonyl (C=O) groups is 5. The van der Waals surface area contributed by atoms with E-state index in [0.29, 0.717) is 90.6 Å². The average molecular weight is 1810 g/mol. The number of fused-ring (bicyclic) bond motifs is 5. The van der Waals surface area contributed by atoms with Crippen molar-refractivity contribution in [2.24, 2.45) is 0 Å². The molecule has 0 radical (unpaired) electrons. The maximum Gasteiger partial charge on any atom is 0.251 e. The molecule has 127 heavy (non-hydrogen) atoms. The molecule has 10 aliphatic rings. The van der Waals surface area contributed by atoms with Gasteiger partial charge in [0.1, 0.15) is 28.7 Å². The zero-order valence-corrected chi connectivity index (χ0v) is 74.0. The minimum atomic E-state index is -0.339. The van der Waals surface area contributed by atoms with Crippen LogP contribution in [-0.4, -0.2) is 96.3 Å². The molecule has 0 spiro atoms. The summed E-state index contributed by atoms with van der Waals surface area (Å²) in [4.78, 5) is 62.5. The number of benzene rings is 10. The van der Waals surface area contributed by atoms with E-state index in [2.05, 4.69) is 116 Å². The van der Waals surface area contributed by atoms with Crippen molar-refractivity contribution < 1.29 is 47.7 Å².